The smallest absolute Gasteiger partial charge is 0.311 e. The lowest BCUT2D eigenvalue weighted by atomic mass is 9.74. The Morgan fingerprint density at radius 2 is 1.52 bits per heavy atom. The van der Waals surface area contributed by atoms with Gasteiger partial charge in [0, 0.05) is 37.3 Å². The predicted molar refractivity (Wildman–Crippen MR) is 189 cm³/mol. The van der Waals surface area contributed by atoms with Crippen LogP contribution in [0.4, 0.5) is 0 Å². The molecule has 302 valence electrons. The third-order valence-corrected chi connectivity index (χ3v) is 12.7. The average molecular weight is 747 g/mol. The molecule has 18 atom stereocenters. The van der Waals surface area contributed by atoms with E-state index in [0.29, 0.717) is 13.0 Å². The van der Waals surface area contributed by atoms with Crippen molar-refractivity contribution < 1.29 is 63.6 Å². The number of ether oxygens (including phenoxy) is 7. The Hall–Kier alpha value is -1.50. The van der Waals surface area contributed by atoms with E-state index in [4.69, 9.17) is 33.2 Å². The fourth-order valence-electron chi connectivity index (χ4n) is 8.86. The maximum atomic E-state index is 14.1. The molecule has 0 aromatic carbocycles. The SMILES string of the molecule is COC1(C)C[C@H](O[C@H]2[C@H](C)[C@@H](O[C@@H]3OC(C)C[C@@H](N(C)C)C3O)[C@](C)(O)C[C@@H](C)/C(=N\O)[C@H](C)[C@@H](O)[C@](C)(O)[C@@H](C)OC(=O)[C@@H]2C)OC(C)[C@@]12CO2. The minimum atomic E-state index is -1.96. The number of aliphatic hydroxyl groups is 4. The van der Waals surface area contributed by atoms with Crippen molar-refractivity contribution in [2.75, 3.05) is 27.8 Å². The quantitative estimate of drug-likeness (QED) is 0.114. The summed E-state index contributed by atoms with van der Waals surface area (Å²) in [6, 6.07) is -0.307. The molecule has 15 heteroatoms. The number of cyclic esters (lactones) is 1. The van der Waals surface area contributed by atoms with Gasteiger partial charge in [0.1, 0.15) is 29.0 Å². The predicted octanol–water partition coefficient (Wildman–Crippen LogP) is 2.06. The Labute approximate surface area is 308 Å². The summed E-state index contributed by atoms with van der Waals surface area (Å²) in [7, 11) is 5.33. The summed E-state index contributed by atoms with van der Waals surface area (Å²) in [5.41, 5.74) is -5.01. The van der Waals surface area contributed by atoms with Crippen molar-refractivity contribution in [1.82, 2.24) is 4.90 Å². The molecule has 15 nitrogen and oxygen atoms in total. The summed E-state index contributed by atoms with van der Waals surface area (Å²) in [4.78, 5) is 16.0. The van der Waals surface area contributed by atoms with Crippen LogP contribution in [0.2, 0.25) is 0 Å². The van der Waals surface area contributed by atoms with Gasteiger partial charge in [0.05, 0.1) is 54.4 Å². The number of aliphatic hydroxyl groups excluding tert-OH is 2. The molecule has 0 amide bonds. The van der Waals surface area contributed by atoms with Gasteiger partial charge in [-0.25, -0.2) is 0 Å². The van der Waals surface area contributed by atoms with E-state index in [1.54, 1.807) is 41.7 Å². The van der Waals surface area contributed by atoms with Crippen LogP contribution in [-0.4, -0.2) is 154 Å². The lowest BCUT2D eigenvalue weighted by Gasteiger charge is -2.49. The number of nitrogens with zero attached hydrogens (tertiary/aromatic N) is 2. The van der Waals surface area contributed by atoms with Crippen LogP contribution in [0.15, 0.2) is 5.16 Å². The van der Waals surface area contributed by atoms with Gasteiger partial charge in [-0.3, -0.25) is 4.79 Å². The van der Waals surface area contributed by atoms with Crippen molar-refractivity contribution in [2.45, 2.75) is 172 Å². The molecular formula is C37H66N2O13. The number of likely N-dealkylation sites (N-methyl/N-ethyl adjacent to an activating group) is 1. The van der Waals surface area contributed by atoms with Gasteiger partial charge in [-0.05, 0) is 75.4 Å². The minimum Gasteiger partial charge on any atom is -0.459 e. The summed E-state index contributed by atoms with van der Waals surface area (Å²) in [5, 5.41) is 60.7. The summed E-state index contributed by atoms with van der Waals surface area (Å²) < 4.78 is 43.7. The number of esters is 1. The van der Waals surface area contributed by atoms with Crippen LogP contribution >= 0.6 is 0 Å². The molecule has 52 heavy (non-hydrogen) atoms. The molecule has 0 bridgehead atoms. The third kappa shape index (κ3) is 8.20. The first kappa shape index (κ1) is 43.2. The van der Waals surface area contributed by atoms with Crippen LogP contribution in [0.25, 0.3) is 0 Å². The first-order valence-corrected chi connectivity index (χ1v) is 18.7. The molecule has 4 heterocycles. The van der Waals surface area contributed by atoms with Crippen LogP contribution in [0.5, 0.6) is 0 Å². The number of hydrogen-bond donors (Lipinski definition) is 5. The zero-order valence-corrected chi connectivity index (χ0v) is 33.3. The van der Waals surface area contributed by atoms with Crippen LogP contribution in [-0.2, 0) is 38.0 Å². The summed E-state index contributed by atoms with van der Waals surface area (Å²) in [5.74, 6) is -4.12. The lowest BCUT2D eigenvalue weighted by Crippen LogP contribution is -2.62. The number of rotatable bonds is 6. The van der Waals surface area contributed by atoms with Crippen LogP contribution in [0.1, 0.15) is 88.5 Å². The van der Waals surface area contributed by atoms with Crippen molar-refractivity contribution in [3.8, 4) is 0 Å². The average Bonchev–Trinajstić information content (AvgIpc) is 3.87. The molecule has 0 aromatic rings. The highest BCUT2D eigenvalue weighted by Crippen LogP contribution is 2.51. The molecule has 5 N–H and O–H groups in total. The number of carbonyl (C=O) groups is 1. The molecule has 4 unspecified atom stereocenters. The van der Waals surface area contributed by atoms with E-state index >= 15 is 0 Å². The van der Waals surface area contributed by atoms with E-state index in [1.807, 2.05) is 39.8 Å². The minimum absolute atomic E-state index is 0.0459. The zero-order valence-electron chi connectivity index (χ0n) is 33.3. The van der Waals surface area contributed by atoms with Gasteiger partial charge >= 0.3 is 5.97 Å². The van der Waals surface area contributed by atoms with Crippen LogP contribution in [0, 0.1) is 23.7 Å². The monoisotopic (exact) mass is 746 g/mol. The lowest BCUT2D eigenvalue weighted by molar-refractivity contribution is -0.315. The molecule has 4 fully saturated rings. The van der Waals surface area contributed by atoms with E-state index in [2.05, 4.69) is 5.16 Å². The Kier molecular flexibility index (Phi) is 13.2. The van der Waals surface area contributed by atoms with Crippen molar-refractivity contribution >= 4 is 11.7 Å². The topological polar surface area (TPSA) is 202 Å². The first-order chi connectivity index (χ1) is 24.0. The van der Waals surface area contributed by atoms with Gasteiger partial charge in [0.2, 0.25) is 0 Å². The number of epoxide rings is 1. The summed E-state index contributed by atoms with van der Waals surface area (Å²) >= 11 is 0. The largest absolute Gasteiger partial charge is 0.459 e. The second-order valence-corrected chi connectivity index (χ2v) is 16.9. The van der Waals surface area contributed by atoms with Crippen molar-refractivity contribution in [1.29, 1.82) is 0 Å². The van der Waals surface area contributed by atoms with E-state index < -0.39 is 101 Å². The molecule has 0 aromatic heterocycles. The van der Waals surface area contributed by atoms with Crippen LogP contribution in [0.3, 0.4) is 0 Å². The zero-order chi connectivity index (χ0) is 39.3. The van der Waals surface area contributed by atoms with Crippen LogP contribution < -0.4 is 0 Å². The molecule has 0 saturated carbocycles. The number of methoxy groups -OCH3 is 1. The fraction of sp³-hybridized carbons (Fsp3) is 0.946. The molecule has 4 aliphatic heterocycles. The van der Waals surface area contributed by atoms with Gasteiger partial charge in [-0.2, -0.15) is 0 Å². The van der Waals surface area contributed by atoms with E-state index in [0.717, 1.165) is 0 Å². The number of oxime groups is 1. The normalized spacial score (nSPS) is 52.0. The molecular weight excluding hydrogens is 680 g/mol. The Bertz CT molecular complexity index is 1260. The highest BCUT2D eigenvalue weighted by Gasteiger charge is 2.67. The van der Waals surface area contributed by atoms with E-state index in [-0.39, 0.29) is 30.7 Å². The maximum Gasteiger partial charge on any atom is 0.311 e. The highest BCUT2D eigenvalue weighted by atomic mass is 16.7. The standard InChI is InChI=1S/C37H66N2O13/c1-18-15-34(8,43)31(52-33-28(40)25(39(11)12)14-19(2)48-33)21(4)29(51-26-16-35(9,46-13)37(17-47-37)24(7)49-26)22(5)32(42)50-23(6)36(10,44)30(41)20(3)27(18)38-45/h18-26,28-31,33,40-41,43-45H,14-17H2,1-13H3/b38-27+/t18-,19?,20+,21+,22-,23-,24?,25-,26+,28?,29+,30-,31-,33+,34-,35?,36-,37+/m1/s1. The van der Waals surface area contributed by atoms with Gasteiger partial charge in [-0.15, -0.1) is 0 Å². The van der Waals surface area contributed by atoms with E-state index in [1.165, 1.54) is 13.8 Å². The van der Waals surface area contributed by atoms with Crippen molar-refractivity contribution in [3.05, 3.63) is 0 Å². The summed E-state index contributed by atoms with van der Waals surface area (Å²) in [6.07, 6.45) is -8.00. The maximum absolute atomic E-state index is 14.1. The second-order valence-electron chi connectivity index (χ2n) is 16.9. The molecule has 1 spiro atoms. The first-order valence-electron chi connectivity index (χ1n) is 18.7. The molecule has 0 aliphatic carbocycles. The highest BCUT2D eigenvalue weighted by molar-refractivity contribution is 5.88. The molecule has 4 rings (SSSR count). The van der Waals surface area contributed by atoms with Gasteiger partial charge in [0.15, 0.2) is 12.6 Å². The number of carbonyl (C=O) groups excluding carboxylic acids is 1. The Morgan fingerprint density at radius 3 is 2.06 bits per heavy atom. The molecule has 4 aliphatic rings. The summed E-state index contributed by atoms with van der Waals surface area (Å²) in [6.45, 7) is 17.3. The Morgan fingerprint density at radius 1 is 0.904 bits per heavy atom. The van der Waals surface area contributed by atoms with E-state index in [9.17, 15) is 30.4 Å². The van der Waals surface area contributed by atoms with Gasteiger partial charge in [0.25, 0.3) is 0 Å². The molecule has 0 radical (unpaired) electrons. The third-order valence-electron chi connectivity index (χ3n) is 12.7. The van der Waals surface area contributed by atoms with Crippen molar-refractivity contribution in [2.24, 2.45) is 28.8 Å². The fourth-order valence-corrected chi connectivity index (χ4v) is 8.86. The van der Waals surface area contributed by atoms with Crippen molar-refractivity contribution in [3.63, 3.8) is 0 Å². The Balaban J connectivity index is 1.82. The van der Waals surface area contributed by atoms with Gasteiger partial charge < -0.3 is 63.7 Å². The molecule has 4 saturated heterocycles. The number of hydrogen-bond acceptors (Lipinski definition) is 15. The second kappa shape index (κ2) is 15.9. The van der Waals surface area contributed by atoms with Gasteiger partial charge in [-0.1, -0.05) is 25.9 Å².